The number of ketones is 1. The Morgan fingerprint density at radius 3 is 2.05 bits per heavy atom. The Hall–Kier alpha value is -1.08. The number of carbonyl (C=O) groups is 1. The first kappa shape index (κ1) is 16.3. The molecular weight excluding hydrogens is 326 g/mol. The lowest BCUT2D eigenvalue weighted by Crippen LogP contribution is -2.16. The third-order valence-electron chi connectivity index (χ3n) is 3.33. The maximum atomic E-state index is 12.8. The fourth-order valence-electron chi connectivity index (χ4n) is 2.57. The molecular formula is C16H15Cl2O2P. The van der Waals surface area contributed by atoms with Crippen molar-refractivity contribution in [2.24, 2.45) is 0 Å². The molecule has 110 valence electrons. The minimum atomic E-state index is -3.55. The largest absolute Gasteiger partial charge is 0.289 e. The highest BCUT2D eigenvalue weighted by Crippen LogP contribution is 2.56. The molecule has 0 atom stereocenters. The van der Waals surface area contributed by atoms with Crippen LogP contribution >= 0.6 is 28.3 Å². The van der Waals surface area contributed by atoms with Crippen LogP contribution in [-0.4, -0.2) is 5.78 Å². The summed E-state index contributed by atoms with van der Waals surface area (Å²) in [6, 6.07) is 10.4. The van der Waals surface area contributed by atoms with Crippen molar-refractivity contribution in [2.45, 2.75) is 20.8 Å². The average molecular weight is 341 g/mol. The van der Waals surface area contributed by atoms with Gasteiger partial charge in [0.1, 0.15) is 0 Å². The molecule has 0 unspecified atom stereocenters. The molecule has 0 aliphatic carbocycles. The first-order valence-electron chi connectivity index (χ1n) is 6.43. The Bertz CT molecular complexity index is 740. The van der Waals surface area contributed by atoms with E-state index < -0.39 is 5.85 Å². The molecule has 0 radical (unpaired) electrons. The minimum Gasteiger partial charge on any atom is -0.289 e. The molecule has 0 aliphatic heterocycles. The molecule has 0 N–H and O–H groups in total. The van der Waals surface area contributed by atoms with Gasteiger partial charge >= 0.3 is 0 Å². The Kier molecular flexibility index (Phi) is 4.63. The van der Waals surface area contributed by atoms with Gasteiger partial charge in [0, 0.05) is 11.1 Å². The highest BCUT2D eigenvalue weighted by Gasteiger charge is 2.26. The Morgan fingerprint density at radius 1 is 1.00 bits per heavy atom. The zero-order chi connectivity index (χ0) is 15.8. The highest BCUT2D eigenvalue weighted by molar-refractivity contribution is 8.13. The lowest BCUT2D eigenvalue weighted by atomic mass is 9.93. The van der Waals surface area contributed by atoms with Gasteiger partial charge in [-0.2, -0.15) is 0 Å². The molecule has 2 aromatic rings. The Morgan fingerprint density at radius 2 is 1.52 bits per heavy atom. The summed E-state index contributed by atoms with van der Waals surface area (Å²) >= 11 is 11.5. The van der Waals surface area contributed by atoms with E-state index in [1.165, 1.54) is 6.07 Å². The number of benzene rings is 2. The zero-order valence-corrected chi connectivity index (χ0v) is 14.4. The van der Waals surface area contributed by atoms with E-state index in [1.807, 2.05) is 32.9 Å². The number of carbonyl (C=O) groups excluding carboxylic acids is 1. The van der Waals surface area contributed by atoms with Crippen LogP contribution < -0.4 is 5.30 Å². The maximum absolute atomic E-state index is 12.8. The molecule has 0 saturated heterocycles. The summed E-state index contributed by atoms with van der Waals surface area (Å²) in [7, 11) is 0. The maximum Gasteiger partial charge on any atom is 0.282 e. The van der Waals surface area contributed by atoms with Gasteiger partial charge in [-0.25, -0.2) is 0 Å². The van der Waals surface area contributed by atoms with Gasteiger partial charge in [-0.15, -0.1) is 0 Å². The normalized spacial score (nSPS) is 11.5. The molecule has 0 saturated carbocycles. The SMILES string of the molecule is Cc1cc(C)c(C(=O)c2ccccc2P(=O)(Cl)Cl)c(C)c1. The van der Waals surface area contributed by atoms with Crippen molar-refractivity contribution >= 4 is 39.4 Å². The smallest absolute Gasteiger partial charge is 0.282 e. The zero-order valence-electron chi connectivity index (χ0n) is 12.0. The van der Waals surface area contributed by atoms with E-state index in [0.29, 0.717) is 11.1 Å². The van der Waals surface area contributed by atoms with Crippen molar-refractivity contribution in [3.05, 3.63) is 64.2 Å². The fourth-order valence-corrected chi connectivity index (χ4v) is 4.17. The second kappa shape index (κ2) is 5.96. The van der Waals surface area contributed by atoms with Crippen molar-refractivity contribution < 1.29 is 9.36 Å². The Labute approximate surface area is 134 Å². The molecule has 0 aromatic heterocycles. The molecule has 5 heteroatoms. The molecule has 21 heavy (non-hydrogen) atoms. The van der Waals surface area contributed by atoms with Crippen LogP contribution in [-0.2, 0) is 4.57 Å². The fraction of sp³-hybridized carbons (Fsp3) is 0.188. The van der Waals surface area contributed by atoms with E-state index in [-0.39, 0.29) is 11.1 Å². The van der Waals surface area contributed by atoms with Crippen LogP contribution in [0.5, 0.6) is 0 Å². The second-order valence-corrected chi connectivity index (χ2v) is 9.86. The van der Waals surface area contributed by atoms with Gasteiger partial charge in [-0.05, 0) is 60.4 Å². The molecule has 0 spiro atoms. The number of hydrogen-bond donors (Lipinski definition) is 0. The van der Waals surface area contributed by atoms with Gasteiger partial charge in [-0.1, -0.05) is 35.9 Å². The lowest BCUT2D eigenvalue weighted by Gasteiger charge is -2.13. The first-order valence-corrected chi connectivity index (χ1v) is 9.95. The summed E-state index contributed by atoms with van der Waals surface area (Å²) in [4.78, 5) is 12.8. The Balaban J connectivity index is 2.65. The number of aryl methyl sites for hydroxylation is 3. The lowest BCUT2D eigenvalue weighted by molar-refractivity contribution is 0.103. The summed E-state index contributed by atoms with van der Waals surface area (Å²) in [5.41, 5.74) is 3.75. The molecule has 0 heterocycles. The molecule has 0 fully saturated rings. The summed E-state index contributed by atoms with van der Waals surface area (Å²) < 4.78 is 12.0. The van der Waals surface area contributed by atoms with Crippen molar-refractivity contribution in [1.82, 2.24) is 0 Å². The van der Waals surface area contributed by atoms with Crippen LogP contribution in [0.25, 0.3) is 0 Å². The summed E-state index contributed by atoms with van der Waals surface area (Å²) in [5, 5.41) is 0.192. The monoisotopic (exact) mass is 340 g/mol. The van der Waals surface area contributed by atoms with Crippen molar-refractivity contribution in [2.75, 3.05) is 0 Å². The van der Waals surface area contributed by atoms with Crippen LogP contribution in [0.1, 0.15) is 32.6 Å². The third kappa shape index (κ3) is 3.40. The van der Waals surface area contributed by atoms with Crippen LogP contribution in [0, 0.1) is 20.8 Å². The second-order valence-electron chi connectivity index (χ2n) is 5.08. The molecule has 2 rings (SSSR count). The minimum absolute atomic E-state index is 0.192. The summed E-state index contributed by atoms with van der Waals surface area (Å²) in [5.74, 6) is -3.75. The van der Waals surface area contributed by atoms with E-state index >= 15 is 0 Å². The standard InChI is InChI=1S/C16H15Cl2O2P/c1-10-8-11(2)15(12(3)9-10)16(19)13-6-4-5-7-14(13)21(17,18)20/h4-9H,1-3H3. The van der Waals surface area contributed by atoms with Gasteiger partial charge in [-0.3, -0.25) is 9.36 Å². The van der Waals surface area contributed by atoms with E-state index in [0.717, 1.165) is 16.7 Å². The van der Waals surface area contributed by atoms with Crippen LogP contribution in [0.3, 0.4) is 0 Å². The summed E-state index contributed by atoms with van der Waals surface area (Å²) in [6.07, 6.45) is 0. The van der Waals surface area contributed by atoms with Gasteiger partial charge < -0.3 is 0 Å². The molecule has 0 aliphatic rings. The number of halogens is 2. The van der Waals surface area contributed by atoms with E-state index in [1.54, 1.807) is 18.2 Å². The van der Waals surface area contributed by atoms with Crippen LogP contribution in [0.4, 0.5) is 0 Å². The highest BCUT2D eigenvalue weighted by atomic mass is 35.9. The van der Waals surface area contributed by atoms with Gasteiger partial charge in [0.25, 0.3) is 5.85 Å². The topological polar surface area (TPSA) is 34.1 Å². The predicted molar refractivity (Wildman–Crippen MR) is 89.5 cm³/mol. The molecule has 2 nitrogen and oxygen atoms in total. The molecule has 0 bridgehead atoms. The van der Waals surface area contributed by atoms with Gasteiger partial charge in [0.05, 0.1) is 5.30 Å². The average Bonchev–Trinajstić information content (AvgIpc) is 2.36. The quantitative estimate of drug-likeness (QED) is 0.572. The van der Waals surface area contributed by atoms with E-state index in [2.05, 4.69) is 0 Å². The van der Waals surface area contributed by atoms with Crippen molar-refractivity contribution in [1.29, 1.82) is 0 Å². The predicted octanol–water partition coefficient (Wildman–Crippen LogP) is 5.14. The van der Waals surface area contributed by atoms with Crippen molar-refractivity contribution in [3.8, 4) is 0 Å². The van der Waals surface area contributed by atoms with E-state index in [4.69, 9.17) is 22.5 Å². The van der Waals surface area contributed by atoms with E-state index in [9.17, 15) is 9.36 Å². The summed E-state index contributed by atoms with van der Waals surface area (Å²) in [6.45, 7) is 5.75. The number of rotatable bonds is 3. The van der Waals surface area contributed by atoms with Gasteiger partial charge in [0.2, 0.25) is 0 Å². The van der Waals surface area contributed by atoms with Crippen molar-refractivity contribution in [3.63, 3.8) is 0 Å². The van der Waals surface area contributed by atoms with Crippen LogP contribution in [0.2, 0.25) is 0 Å². The first-order chi connectivity index (χ1) is 9.71. The van der Waals surface area contributed by atoms with Crippen LogP contribution in [0.15, 0.2) is 36.4 Å². The molecule has 2 aromatic carbocycles. The number of hydrogen-bond acceptors (Lipinski definition) is 2. The molecule has 0 amide bonds. The third-order valence-corrected chi connectivity index (χ3v) is 5.38. The van der Waals surface area contributed by atoms with Gasteiger partial charge in [0.15, 0.2) is 5.78 Å².